The van der Waals surface area contributed by atoms with Gasteiger partial charge in [-0.2, -0.15) is 0 Å². The number of fused-ring (bicyclic) bond motifs is 8. The number of rotatable bonds is 7. The molecule has 2 aliphatic heterocycles. The molecule has 0 atom stereocenters. The molecule has 14 aromatic carbocycles. The highest BCUT2D eigenvalue weighted by Crippen LogP contribution is 2.61. The van der Waals surface area contributed by atoms with Gasteiger partial charge in [0.25, 0.3) is 0 Å². The fraction of sp³-hybridized carbons (Fsp3) is 0.0500. The van der Waals surface area contributed by atoms with Gasteiger partial charge < -0.3 is 9.80 Å². The molecule has 82 heavy (non-hydrogen) atoms. The van der Waals surface area contributed by atoms with Gasteiger partial charge in [-0.3, -0.25) is 0 Å². The minimum absolute atomic E-state index is 0.681. The third-order valence-corrected chi connectivity index (χ3v) is 18.4. The lowest BCUT2D eigenvalue weighted by Crippen LogP contribution is -2.38. The topological polar surface area (TPSA) is 6.48 Å². The maximum atomic E-state index is 2.56. The molecule has 2 heteroatoms. The SMILES string of the molecule is CN1c2ccccc2C(c2ccccc2)(c2ccccc2)c2c(-c3cccc4c(-c5c6ccccc6cc6ccccc56)c5cccc(-c6cccc7c6C(c6ccccc6)(c6ccccc6)c6ccccc6N7C)c5cc34)cccc21. The molecule has 0 radical (unpaired) electrons. The van der Waals surface area contributed by atoms with Gasteiger partial charge in [-0.25, -0.2) is 0 Å². The van der Waals surface area contributed by atoms with Crippen molar-refractivity contribution in [1.29, 1.82) is 0 Å². The largest absolute Gasteiger partial charge is 0.344 e. The second-order valence-electron chi connectivity index (χ2n) is 22.3. The Kier molecular flexibility index (Phi) is 10.9. The van der Waals surface area contributed by atoms with E-state index in [9.17, 15) is 0 Å². The van der Waals surface area contributed by atoms with Gasteiger partial charge in [-0.05, 0) is 146 Å². The first-order chi connectivity index (χ1) is 40.6. The molecular weight excluding hydrogens is 989 g/mol. The van der Waals surface area contributed by atoms with Crippen LogP contribution in [0, 0.1) is 0 Å². The van der Waals surface area contributed by atoms with Crippen LogP contribution in [0.3, 0.4) is 0 Å². The summed E-state index contributed by atoms with van der Waals surface area (Å²) in [6.45, 7) is 0. The van der Waals surface area contributed by atoms with Crippen LogP contribution in [0.5, 0.6) is 0 Å². The van der Waals surface area contributed by atoms with Crippen molar-refractivity contribution in [2.24, 2.45) is 0 Å². The minimum Gasteiger partial charge on any atom is -0.344 e. The van der Waals surface area contributed by atoms with Gasteiger partial charge in [-0.15, -0.1) is 0 Å². The minimum atomic E-state index is -0.681. The molecule has 2 nitrogen and oxygen atoms in total. The number of anilines is 4. The summed E-state index contributed by atoms with van der Waals surface area (Å²) in [6, 6.07) is 114. The van der Waals surface area contributed by atoms with E-state index in [1.165, 1.54) is 144 Å². The van der Waals surface area contributed by atoms with Crippen LogP contribution in [-0.4, -0.2) is 14.1 Å². The number of para-hydroxylation sites is 2. The van der Waals surface area contributed by atoms with Crippen molar-refractivity contribution in [2.45, 2.75) is 10.8 Å². The van der Waals surface area contributed by atoms with Crippen molar-refractivity contribution < 1.29 is 0 Å². The molecule has 14 aromatic rings. The summed E-state index contributed by atoms with van der Waals surface area (Å²) < 4.78 is 0. The van der Waals surface area contributed by atoms with Gasteiger partial charge >= 0.3 is 0 Å². The van der Waals surface area contributed by atoms with Gasteiger partial charge in [-0.1, -0.05) is 267 Å². The van der Waals surface area contributed by atoms with Crippen LogP contribution in [-0.2, 0) is 10.8 Å². The number of benzene rings is 14. The van der Waals surface area contributed by atoms with Gasteiger partial charge in [0.15, 0.2) is 0 Å². The van der Waals surface area contributed by atoms with E-state index in [4.69, 9.17) is 0 Å². The van der Waals surface area contributed by atoms with Crippen molar-refractivity contribution in [3.63, 3.8) is 0 Å². The fourth-order valence-corrected chi connectivity index (χ4v) is 15.0. The summed E-state index contributed by atoms with van der Waals surface area (Å²) in [5.74, 6) is 0. The zero-order valence-electron chi connectivity index (χ0n) is 45.8. The normalized spacial score (nSPS) is 13.9. The predicted molar refractivity (Wildman–Crippen MR) is 346 cm³/mol. The van der Waals surface area contributed by atoms with E-state index in [0.29, 0.717) is 0 Å². The number of nitrogens with zero attached hydrogens (tertiary/aromatic N) is 2. The highest BCUT2D eigenvalue weighted by atomic mass is 15.1. The van der Waals surface area contributed by atoms with Crippen LogP contribution in [0.25, 0.3) is 76.5 Å². The number of hydrogen-bond donors (Lipinski definition) is 0. The average molecular weight is 1050 g/mol. The quantitative estimate of drug-likeness (QED) is 0.147. The van der Waals surface area contributed by atoms with Crippen LogP contribution in [0.1, 0.15) is 44.5 Å². The molecule has 0 unspecified atom stereocenters. The van der Waals surface area contributed by atoms with Gasteiger partial charge in [0.1, 0.15) is 0 Å². The molecular formula is C80H56N2. The summed E-state index contributed by atoms with van der Waals surface area (Å²) >= 11 is 0. The maximum Gasteiger partial charge on any atom is 0.0748 e. The molecule has 0 amide bonds. The molecule has 16 rings (SSSR count). The fourth-order valence-electron chi connectivity index (χ4n) is 15.0. The Bertz CT molecular complexity index is 4450. The molecule has 0 spiro atoms. The zero-order chi connectivity index (χ0) is 54.5. The van der Waals surface area contributed by atoms with Crippen LogP contribution >= 0.6 is 0 Å². The Hall–Kier alpha value is -10.3. The second-order valence-corrected chi connectivity index (χ2v) is 22.3. The molecule has 0 aliphatic carbocycles. The van der Waals surface area contributed by atoms with E-state index in [0.717, 1.165) is 0 Å². The van der Waals surface area contributed by atoms with Crippen LogP contribution in [0.2, 0.25) is 0 Å². The smallest absolute Gasteiger partial charge is 0.0748 e. The molecule has 0 N–H and O–H groups in total. The molecule has 2 heterocycles. The van der Waals surface area contributed by atoms with Crippen molar-refractivity contribution >= 4 is 65.8 Å². The molecule has 0 saturated heterocycles. The molecule has 0 bridgehead atoms. The molecule has 2 aliphatic rings. The summed E-state index contributed by atoms with van der Waals surface area (Å²) in [6.07, 6.45) is 0. The molecule has 0 aromatic heterocycles. The highest BCUT2D eigenvalue weighted by Gasteiger charge is 2.49. The second kappa shape index (κ2) is 18.7. The average Bonchev–Trinajstić information content (AvgIpc) is 2.28. The van der Waals surface area contributed by atoms with E-state index >= 15 is 0 Å². The van der Waals surface area contributed by atoms with Crippen molar-refractivity contribution in [3.8, 4) is 33.4 Å². The van der Waals surface area contributed by atoms with Gasteiger partial charge in [0.2, 0.25) is 0 Å². The lowest BCUT2D eigenvalue weighted by Gasteiger charge is -2.46. The number of hydrogen-bond acceptors (Lipinski definition) is 2. The first-order valence-electron chi connectivity index (χ1n) is 28.6. The van der Waals surface area contributed by atoms with Crippen molar-refractivity contribution in [3.05, 3.63) is 348 Å². The van der Waals surface area contributed by atoms with E-state index < -0.39 is 10.8 Å². The maximum absolute atomic E-state index is 2.56. The van der Waals surface area contributed by atoms with E-state index in [-0.39, 0.29) is 0 Å². The van der Waals surface area contributed by atoms with E-state index in [1.807, 2.05) is 0 Å². The summed E-state index contributed by atoms with van der Waals surface area (Å²) in [5, 5.41) is 9.72. The third-order valence-electron chi connectivity index (χ3n) is 18.4. The molecule has 0 saturated carbocycles. The van der Waals surface area contributed by atoms with E-state index in [2.05, 4.69) is 327 Å². The lowest BCUT2D eigenvalue weighted by molar-refractivity contribution is 0.729. The van der Waals surface area contributed by atoms with E-state index in [1.54, 1.807) is 0 Å². The first-order valence-corrected chi connectivity index (χ1v) is 28.6. The van der Waals surface area contributed by atoms with Gasteiger partial charge in [0.05, 0.1) is 10.8 Å². The predicted octanol–water partition coefficient (Wildman–Crippen LogP) is 20.2. The Morgan fingerprint density at radius 1 is 0.232 bits per heavy atom. The van der Waals surface area contributed by atoms with Crippen molar-refractivity contribution in [1.82, 2.24) is 0 Å². The summed E-state index contributed by atoms with van der Waals surface area (Å²) in [7, 11) is 4.49. The molecule has 0 fully saturated rings. The third kappa shape index (κ3) is 6.70. The van der Waals surface area contributed by atoms with Crippen LogP contribution in [0.4, 0.5) is 22.7 Å². The molecule has 386 valence electrons. The summed E-state index contributed by atoms with van der Waals surface area (Å²) in [5.41, 5.74) is 20.6. The lowest BCUT2D eigenvalue weighted by atomic mass is 9.60. The zero-order valence-corrected chi connectivity index (χ0v) is 45.8. The standard InChI is InChI=1S/C80H56N2/c1-81-71-47-21-19-45-69(71)79(55-29-7-3-8-30-55,56-31-9-4-10-32-56)77-65(43-25-49-73(77)81)61-39-23-41-63-67(61)52-68-62(40-24-42-64(68)76(63)75-59-37-17-15-27-53(59)51-54-28-16-18-38-60(54)75)66-44-26-50-74-78(66)80(57-33-11-5-12-34-57,58-35-13-6-14-36-58)70-46-20-22-48-72(70)82(74)2/h3-52H,1-2H3. The highest BCUT2D eigenvalue weighted by molar-refractivity contribution is 6.26. The first kappa shape index (κ1) is 47.7. The Balaban J connectivity index is 1.09. The van der Waals surface area contributed by atoms with Crippen LogP contribution < -0.4 is 9.80 Å². The van der Waals surface area contributed by atoms with Crippen molar-refractivity contribution in [2.75, 3.05) is 23.9 Å². The Labute approximate surface area is 479 Å². The van der Waals surface area contributed by atoms with Crippen LogP contribution in [0.15, 0.2) is 303 Å². The Morgan fingerprint density at radius 3 is 0.951 bits per heavy atom. The Morgan fingerprint density at radius 2 is 0.537 bits per heavy atom. The van der Waals surface area contributed by atoms with Gasteiger partial charge in [0, 0.05) is 48.0 Å². The monoisotopic (exact) mass is 1040 g/mol. The summed E-state index contributed by atoms with van der Waals surface area (Å²) in [4.78, 5) is 4.84.